The van der Waals surface area contributed by atoms with Crippen LogP contribution in [0.25, 0.3) is 0 Å². The largest absolute Gasteiger partial charge is 0.324 e. The number of amides is 1. The molecule has 0 aromatic heterocycles. The molecule has 0 aliphatic rings. The summed E-state index contributed by atoms with van der Waals surface area (Å²) >= 11 is 1.69. The van der Waals surface area contributed by atoms with Crippen molar-refractivity contribution in [3.05, 3.63) is 53.6 Å². The lowest BCUT2D eigenvalue weighted by molar-refractivity contribution is -0.120. The second kappa shape index (κ2) is 9.75. The van der Waals surface area contributed by atoms with E-state index in [-0.39, 0.29) is 16.8 Å². The number of carbonyl (C=O) groups excluding carboxylic acids is 1. The topological polar surface area (TPSA) is 69.7 Å². The molecule has 0 aliphatic carbocycles. The van der Waals surface area contributed by atoms with Crippen molar-refractivity contribution in [2.45, 2.75) is 36.2 Å². The minimum absolute atomic E-state index is 0.151. The highest BCUT2D eigenvalue weighted by atomic mass is 32.2. The number of rotatable bonds is 8. The van der Waals surface area contributed by atoms with E-state index in [4.69, 9.17) is 0 Å². The fourth-order valence-electron chi connectivity index (χ4n) is 2.70. The number of carbonyl (C=O) groups is 1. The maximum atomic E-state index is 12.8. The Balaban J connectivity index is 2.12. The summed E-state index contributed by atoms with van der Waals surface area (Å²) in [6.45, 7) is 4.31. The van der Waals surface area contributed by atoms with Gasteiger partial charge in [0.15, 0.2) is 0 Å². The summed E-state index contributed by atoms with van der Waals surface area (Å²) in [7, 11) is 1.29. The van der Waals surface area contributed by atoms with Gasteiger partial charge >= 0.3 is 0 Å². The Morgan fingerprint density at radius 3 is 2.28 bits per heavy atom. The van der Waals surface area contributed by atoms with Gasteiger partial charge in [0, 0.05) is 31.2 Å². The van der Waals surface area contributed by atoms with Gasteiger partial charge in [0.25, 0.3) is 0 Å². The average Bonchev–Trinajstić information content (AvgIpc) is 2.69. The number of nitrogens with one attached hydrogen (secondary N) is 1. The Morgan fingerprint density at radius 1 is 1.10 bits per heavy atom. The number of likely N-dealkylation sites (N-methyl/N-ethyl adjacent to an activating group) is 1. The molecule has 2 aromatic rings. The average molecular weight is 436 g/mol. The molecule has 0 aliphatic heterocycles. The summed E-state index contributed by atoms with van der Waals surface area (Å²) < 4.78 is 25.9. The quantitative estimate of drug-likeness (QED) is 0.644. The third-order valence-electron chi connectivity index (χ3n) is 4.88. The van der Waals surface area contributed by atoms with Crippen molar-refractivity contribution < 1.29 is 13.2 Å². The van der Waals surface area contributed by atoms with Crippen LogP contribution in [0, 0.1) is 6.92 Å². The predicted octanol–water partition coefficient (Wildman–Crippen LogP) is 3.43. The Morgan fingerprint density at radius 2 is 1.72 bits per heavy atom. The first-order valence-corrected chi connectivity index (χ1v) is 11.9. The minimum atomic E-state index is -3.57. The molecule has 0 fully saturated rings. The van der Waals surface area contributed by atoms with Crippen molar-refractivity contribution in [1.82, 2.24) is 9.21 Å². The van der Waals surface area contributed by atoms with Crippen molar-refractivity contribution in [2.75, 3.05) is 32.7 Å². The summed E-state index contributed by atoms with van der Waals surface area (Å²) in [5.74, 6) is -0.185. The lowest BCUT2D eigenvalue weighted by Gasteiger charge is -2.24. The molecule has 0 saturated heterocycles. The van der Waals surface area contributed by atoms with Gasteiger partial charge in [-0.2, -0.15) is 0 Å². The van der Waals surface area contributed by atoms with Crippen LogP contribution >= 0.6 is 11.8 Å². The van der Waals surface area contributed by atoms with E-state index >= 15 is 0 Å². The van der Waals surface area contributed by atoms with Gasteiger partial charge < -0.3 is 5.32 Å². The molecule has 0 bridgehead atoms. The molecule has 0 saturated carbocycles. The van der Waals surface area contributed by atoms with Gasteiger partial charge in [-0.3, -0.25) is 9.69 Å². The van der Waals surface area contributed by atoms with Gasteiger partial charge in [-0.25, -0.2) is 12.7 Å². The van der Waals surface area contributed by atoms with Gasteiger partial charge in [0.1, 0.15) is 0 Å². The molecule has 29 heavy (non-hydrogen) atoms. The van der Waals surface area contributed by atoms with Crippen molar-refractivity contribution in [1.29, 1.82) is 0 Å². The normalized spacial score (nSPS) is 13.0. The van der Waals surface area contributed by atoms with Crippen molar-refractivity contribution in [2.24, 2.45) is 0 Å². The van der Waals surface area contributed by atoms with E-state index in [1.165, 1.54) is 25.1 Å². The molecule has 1 atom stereocenters. The fraction of sp³-hybridized carbons (Fsp3) is 0.381. The number of nitrogens with zero attached hydrogens (tertiary/aromatic N) is 2. The molecule has 0 unspecified atom stereocenters. The highest BCUT2D eigenvalue weighted by Crippen LogP contribution is 2.23. The van der Waals surface area contributed by atoms with E-state index in [0.29, 0.717) is 12.2 Å². The van der Waals surface area contributed by atoms with E-state index in [9.17, 15) is 13.2 Å². The maximum absolute atomic E-state index is 12.8. The number of hydrogen-bond donors (Lipinski definition) is 1. The van der Waals surface area contributed by atoms with Crippen LogP contribution in [0.2, 0.25) is 0 Å². The molecule has 1 N–H and O–H groups in total. The Bertz CT molecular complexity index is 958. The van der Waals surface area contributed by atoms with Crippen LogP contribution in [0.15, 0.2) is 52.3 Å². The van der Waals surface area contributed by atoms with E-state index in [0.717, 1.165) is 15.4 Å². The third-order valence-corrected chi connectivity index (χ3v) is 7.43. The lowest BCUT2D eigenvalue weighted by atomic mass is 10.1. The molecule has 0 spiro atoms. The number of anilines is 1. The molecule has 1 amide bonds. The second-order valence-electron chi connectivity index (χ2n) is 7.19. The molecule has 0 heterocycles. The minimum Gasteiger partial charge on any atom is -0.324 e. The molecule has 2 rings (SSSR count). The summed E-state index contributed by atoms with van der Waals surface area (Å²) in [5.41, 5.74) is 2.43. The number of hydrogen-bond acceptors (Lipinski definition) is 5. The number of sulfonamides is 1. The van der Waals surface area contributed by atoms with E-state index < -0.39 is 10.0 Å². The molecular formula is C21H29N3O3S2. The standard InChI is InChI=1S/C21H29N3O3S2/c1-15-7-12-19(29(26,27)23(3)4)13-20(15)22-21(25)16(2)24(5)14-17-8-10-18(28-6)11-9-17/h7-13,16H,14H2,1-6H3,(H,22,25)/t16-/m0/s1. The third kappa shape index (κ3) is 5.82. The summed E-state index contributed by atoms with van der Waals surface area (Å²) in [6, 6.07) is 12.6. The zero-order valence-corrected chi connectivity index (χ0v) is 19.4. The van der Waals surface area contributed by atoms with Gasteiger partial charge in [-0.05, 0) is 62.5 Å². The SMILES string of the molecule is CSc1ccc(CN(C)[C@@H](C)C(=O)Nc2cc(S(=O)(=O)N(C)C)ccc2C)cc1. The van der Waals surface area contributed by atoms with Crippen LogP contribution in [0.3, 0.4) is 0 Å². The van der Waals surface area contributed by atoms with Gasteiger partial charge in [-0.15, -0.1) is 11.8 Å². The zero-order chi connectivity index (χ0) is 21.8. The van der Waals surface area contributed by atoms with Crippen LogP contribution in [0.4, 0.5) is 5.69 Å². The van der Waals surface area contributed by atoms with Crippen molar-refractivity contribution in [3.63, 3.8) is 0 Å². The van der Waals surface area contributed by atoms with Crippen LogP contribution in [0.5, 0.6) is 0 Å². The number of thioether (sulfide) groups is 1. The van der Waals surface area contributed by atoms with Gasteiger partial charge in [0.05, 0.1) is 10.9 Å². The number of benzene rings is 2. The molecule has 6 nitrogen and oxygen atoms in total. The highest BCUT2D eigenvalue weighted by molar-refractivity contribution is 7.98. The summed E-state index contributed by atoms with van der Waals surface area (Å²) in [4.78, 5) is 16.1. The summed E-state index contributed by atoms with van der Waals surface area (Å²) in [5, 5.41) is 2.88. The van der Waals surface area contributed by atoms with Gasteiger partial charge in [0.2, 0.25) is 15.9 Å². The van der Waals surface area contributed by atoms with Crippen molar-refractivity contribution >= 4 is 33.4 Å². The fourth-order valence-corrected chi connectivity index (χ4v) is 4.04. The first-order valence-electron chi connectivity index (χ1n) is 9.23. The lowest BCUT2D eigenvalue weighted by Crippen LogP contribution is -2.39. The second-order valence-corrected chi connectivity index (χ2v) is 10.2. The first kappa shape index (κ1) is 23.4. The molecule has 0 radical (unpaired) electrons. The monoisotopic (exact) mass is 435 g/mol. The Kier molecular flexibility index (Phi) is 7.87. The molecule has 158 valence electrons. The van der Waals surface area contributed by atoms with Crippen LogP contribution in [-0.4, -0.2) is 57.0 Å². The Hall–Kier alpha value is -1.87. The summed E-state index contributed by atoms with van der Waals surface area (Å²) in [6.07, 6.45) is 2.04. The molecule has 8 heteroatoms. The zero-order valence-electron chi connectivity index (χ0n) is 17.8. The maximum Gasteiger partial charge on any atom is 0.242 e. The molecule has 2 aromatic carbocycles. The molecular weight excluding hydrogens is 406 g/mol. The van der Waals surface area contributed by atoms with Crippen LogP contribution in [0.1, 0.15) is 18.1 Å². The van der Waals surface area contributed by atoms with E-state index in [1.807, 2.05) is 32.1 Å². The predicted molar refractivity (Wildman–Crippen MR) is 120 cm³/mol. The van der Waals surface area contributed by atoms with E-state index in [2.05, 4.69) is 29.6 Å². The van der Waals surface area contributed by atoms with Crippen LogP contribution in [-0.2, 0) is 21.4 Å². The van der Waals surface area contributed by atoms with Crippen LogP contribution < -0.4 is 5.32 Å². The van der Waals surface area contributed by atoms with Gasteiger partial charge in [-0.1, -0.05) is 18.2 Å². The first-order chi connectivity index (χ1) is 13.6. The smallest absolute Gasteiger partial charge is 0.242 e. The highest BCUT2D eigenvalue weighted by Gasteiger charge is 2.21. The number of aryl methyl sites for hydroxylation is 1. The van der Waals surface area contributed by atoms with E-state index in [1.54, 1.807) is 23.9 Å². The Labute approximate surface area is 178 Å². The van der Waals surface area contributed by atoms with Crippen molar-refractivity contribution in [3.8, 4) is 0 Å².